The molecule has 0 aromatic carbocycles. The zero-order valence-electron chi connectivity index (χ0n) is 7.78. The van der Waals surface area contributed by atoms with E-state index < -0.39 is 24.2 Å². The van der Waals surface area contributed by atoms with Gasteiger partial charge in [0.05, 0.1) is 5.56 Å². The zero-order valence-corrected chi connectivity index (χ0v) is 9.94. The van der Waals surface area contributed by atoms with Gasteiger partial charge in [-0.15, -0.1) is 13.2 Å². The quantitative estimate of drug-likeness (QED) is 0.458. The van der Waals surface area contributed by atoms with Crippen LogP contribution in [0.4, 0.5) is 22.0 Å². The highest BCUT2D eigenvalue weighted by Gasteiger charge is 2.33. The largest absolute Gasteiger partial charge is 0.574 e. The van der Waals surface area contributed by atoms with Crippen molar-refractivity contribution in [3.63, 3.8) is 0 Å². The minimum Gasteiger partial charge on any atom is -0.388 e. The molecule has 0 amide bonds. The van der Waals surface area contributed by atoms with Crippen LogP contribution in [0.2, 0.25) is 0 Å². The molecule has 0 aliphatic heterocycles. The van der Waals surface area contributed by atoms with E-state index in [0.717, 1.165) is 6.07 Å². The second-order valence-corrected chi connectivity index (χ2v) is 3.86. The van der Waals surface area contributed by atoms with Crippen LogP contribution in [0.25, 0.3) is 0 Å². The first-order valence-corrected chi connectivity index (χ1v) is 4.99. The van der Waals surface area contributed by atoms with Crippen molar-refractivity contribution in [2.45, 2.75) is 19.7 Å². The van der Waals surface area contributed by atoms with Crippen molar-refractivity contribution in [1.29, 1.82) is 0 Å². The molecule has 2 nitrogen and oxygen atoms in total. The molecule has 0 unspecified atom stereocenters. The Morgan fingerprint density at radius 3 is 2.38 bits per heavy atom. The van der Waals surface area contributed by atoms with E-state index in [1.165, 1.54) is 29.5 Å². The highest BCUT2D eigenvalue weighted by molar-refractivity contribution is 14.1. The number of pyridine rings is 1. The highest BCUT2D eigenvalue weighted by atomic mass is 127. The van der Waals surface area contributed by atoms with Gasteiger partial charge in [-0.05, 0) is 35.6 Å². The summed E-state index contributed by atoms with van der Waals surface area (Å²) in [6, 6.07) is 0.931. The standard InChI is InChI=1S/C8H5F5INO/c1-3-2-4(5(9)10)6(14)15-7(3)16-8(11,12)13/h2,5H,1H3. The van der Waals surface area contributed by atoms with Crippen molar-refractivity contribution >= 4 is 22.6 Å². The molecule has 0 saturated carbocycles. The number of halogens is 6. The molecule has 0 bridgehead atoms. The van der Waals surface area contributed by atoms with Crippen LogP contribution in [-0.4, -0.2) is 11.3 Å². The van der Waals surface area contributed by atoms with Crippen LogP contribution < -0.4 is 4.74 Å². The molecule has 16 heavy (non-hydrogen) atoms. The smallest absolute Gasteiger partial charge is 0.388 e. The summed E-state index contributed by atoms with van der Waals surface area (Å²) in [5, 5.41) is 0. The number of alkyl halides is 5. The topological polar surface area (TPSA) is 22.1 Å². The van der Waals surface area contributed by atoms with Crippen molar-refractivity contribution in [2.75, 3.05) is 0 Å². The van der Waals surface area contributed by atoms with Crippen molar-refractivity contribution in [3.8, 4) is 5.88 Å². The third kappa shape index (κ3) is 3.42. The molecular formula is C8H5F5INO. The van der Waals surface area contributed by atoms with E-state index >= 15 is 0 Å². The van der Waals surface area contributed by atoms with Crippen LogP contribution in [0.3, 0.4) is 0 Å². The van der Waals surface area contributed by atoms with Gasteiger partial charge in [-0.3, -0.25) is 0 Å². The van der Waals surface area contributed by atoms with Gasteiger partial charge >= 0.3 is 6.36 Å². The van der Waals surface area contributed by atoms with Crippen LogP contribution in [0.1, 0.15) is 17.6 Å². The molecular weight excluding hydrogens is 348 g/mol. The average Bonchev–Trinajstić information content (AvgIpc) is 2.07. The molecule has 0 aliphatic carbocycles. The summed E-state index contributed by atoms with van der Waals surface area (Å²) in [6.07, 6.45) is -7.66. The second-order valence-electron chi connectivity index (χ2n) is 2.84. The van der Waals surface area contributed by atoms with Gasteiger partial charge in [-0.25, -0.2) is 13.8 Å². The molecule has 1 aromatic heterocycles. The van der Waals surface area contributed by atoms with Crippen molar-refractivity contribution < 1.29 is 26.7 Å². The monoisotopic (exact) mass is 353 g/mol. The third-order valence-electron chi connectivity index (χ3n) is 1.59. The maximum Gasteiger partial charge on any atom is 0.574 e. The summed E-state index contributed by atoms with van der Waals surface area (Å²) >= 11 is 1.43. The summed E-state index contributed by atoms with van der Waals surface area (Å²) < 4.78 is 63.8. The Labute approximate surface area is 101 Å². The predicted octanol–water partition coefficient (Wildman–Crippen LogP) is 3.83. The normalized spacial score (nSPS) is 12.0. The number of aromatic nitrogens is 1. The Balaban J connectivity index is 3.11. The Morgan fingerprint density at radius 1 is 1.38 bits per heavy atom. The minimum absolute atomic E-state index is 0.0898. The van der Waals surface area contributed by atoms with E-state index in [4.69, 9.17) is 0 Å². The van der Waals surface area contributed by atoms with Crippen molar-refractivity contribution in [2.24, 2.45) is 0 Å². The Hall–Kier alpha value is -0.670. The average molecular weight is 353 g/mol. The molecule has 1 aromatic rings. The van der Waals surface area contributed by atoms with Crippen molar-refractivity contribution in [1.82, 2.24) is 4.98 Å². The van der Waals surface area contributed by atoms with Gasteiger partial charge in [0, 0.05) is 5.56 Å². The maximum atomic E-state index is 12.4. The maximum absolute atomic E-state index is 12.4. The van der Waals surface area contributed by atoms with Gasteiger partial charge in [0.2, 0.25) is 5.88 Å². The molecule has 0 fully saturated rings. The van der Waals surface area contributed by atoms with E-state index in [1.807, 2.05) is 0 Å². The Bertz CT molecular complexity index is 393. The highest BCUT2D eigenvalue weighted by Crippen LogP contribution is 2.30. The molecule has 0 atom stereocenters. The summed E-state index contributed by atoms with van der Waals surface area (Å²) in [5.41, 5.74) is -0.499. The lowest BCUT2D eigenvalue weighted by molar-refractivity contribution is -0.276. The summed E-state index contributed by atoms with van der Waals surface area (Å²) in [6.45, 7) is 1.22. The van der Waals surface area contributed by atoms with E-state index in [0.29, 0.717) is 0 Å². The minimum atomic E-state index is -4.88. The van der Waals surface area contributed by atoms with E-state index in [-0.39, 0.29) is 9.26 Å². The first-order chi connectivity index (χ1) is 7.20. The molecule has 8 heteroatoms. The molecule has 0 radical (unpaired) electrons. The molecule has 1 rings (SSSR count). The fraction of sp³-hybridized carbons (Fsp3) is 0.375. The van der Waals surface area contributed by atoms with E-state index in [2.05, 4.69) is 9.72 Å². The van der Waals surface area contributed by atoms with Gasteiger partial charge < -0.3 is 4.74 Å². The third-order valence-corrected chi connectivity index (χ3v) is 2.46. The number of rotatable bonds is 2. The van der Waals surface area contributed by atoms with Crippen molar-refractivity contribution in [3.05, 3.63) is 20.9 Å². The van der Waals surface area contributed by atoms with Crippen LogP contribution in [-0.2, 0) is 0 Å². The van der Waals surface area contributed by atoms with Gasteiger partial charge in [-0.1, -0.05) is 0 Å². The van der Waals surface area contributed by atoms with Crippen LogP contribution in [0.5, 0.6) is 5.88 Å². The Morgan fingerprint density at radius 2 is 1.94 bits per heavy atom. The predicted molar refractivity (Wildman–Crippen MR) is 53.3 cm³/mol. The molecule has 0 N–H and O–H groups in total. The van der Waals surface area contributed by atoms with Crippen LogP contribution in [0, 0.1) is 10.6 Å². The molecule has 1 heterocycles. The van der Waals surface area contributed by atoms with Gasteiger partial charge in [0.25, 0.3) is 6.43 Å². The fourth-order valence-electron chi connectivity index (χ4n) is 0.962. The lowest BCUT2D eigenvalue weighted by Crippen LogP contribution is -2.19. The molecule has 90 valence electrons. The van der Waals surface area contributed by atoms with Gasteiger partial charge in [0.15, 0.2) is 0 Å². The Kier molecular flexibility index (Phi) is 3.92. The second kappa shape index (κ2) is 4.68. The summed E-state index contributed by atoms with van der Waals surface area (Å²) in [7, 11) is 0. The number of nitrogens with zero attached hydrogens (tertiary/aromatic N) is 1. The molecule has 0 saturated heterocycles. The number of hydrogen-bond acceptors (Lipinski definition) is 2. The zero-order chi connectivity index (χ0) is 12.5. The number of aryl methyl sites for hydroxylation is 1. The first-order valence-electron chi connectivity index (χ1n) is 3.91. The summed E-state index contributed by atoms with van der Waals surface area (Å²) in [5.74, 6) is -0.707. The lowest BCUT2D eigenvalue weighted by atomic mass is 10.2. The molecule has 0 spiro atoms. The van der Waals surface area contributed by atoms with Crippen LogP contribution in [0.15, 0.2) is 6.07 Å². The van der Waals surface area contributed by atoms with Gasteiger partial charge in [0.1, 0.15) is 3.70 Å². The fourth-order valence-corrected chi connectivity index (χ4v) is 1.57. The number of hydrogen-bond donors (Lipinski definition) is 0. The SMILES string of the molecule is Cc1cc(C(F)F)c(I)nc1OC(F)(F)F. The number of ether oxygens (including phenoxy) is 1. The van der Waals surface area contributed by atoms with E-state index in [1.54, 1.807) is 0 Å². The lowest BCUT2D eigenvalue weighted by Gasteiger charge is -2.12. The van der Waals surface area contributed by atoms with Crippen LogP contribution >= 0.6 is 22.6 Å². The molecule has 0 aliphatic rings. The van der Waals surface area contributed by atoms with E-state index in [9.17, 15) is 22.0 Å². The summed E-state index contributed by atoms with van der Waals surface area (Å²) in [4.78, 5) is 3.34. The first kappa shape index (κ1) is 13.4. The van der Waals surface area contributed by atoms with Gasteiger partial charge in [-0.2, -0.15) is 0 Å².